The van der Waals surface area contributed by atoms with Crippen LogP contribution in [0, 0.1) is 12.8 Å². The van der Waals surface area contributed by atoms with E-state index < -0.39 is 0 Å². The van der Waals surface area contributed by atoms with Crippen LogP contribution in [0.2, 0.25) is 0 Å². The van der Waals surface area contributed by atoms with E-state index in [1.165, 1.54) is 12.8 Å². The molecule has 0 bridgehead atoms. The second-order valence-corrected chi connectivity index (χ2v) is 6.69. The number of likely N-dealkylation sites (tertiary alicyclic amines) is 1. The van der Waals surface area contributed by atoms with Crippen LogP contribution in [0.15, 0.2) is 45.5 Å². The molecule has 0 saturated carbocycles. The zero-order valence-electron chi connectivity index (χ0n) is 14.4. The number of benzene rings is 1. The van der Waals surface area contributed by atoms with Crippen LogP contribution >= 0.6 is 0 Å². The third-order valence-corrected chi connectivity index (χ3v) is 4.60. The lowest BCUT2D eigenvalue weighted by Crippen LogP contribution is -2.36. The largest absolute Gasteiger partial charge is 0.444 e. The van der Waals surface area contributed by atoms with Gasteiger partial charge >= 0.3 is 0 Å². The highest BCUT2D eigenvalue weighted by atomic mass is 16.5. The molecule has 3 heterocycles. The van der Waals surface area contributed by atoms with E-state index in [1.807, 2.05) is 37.3 Å². The zero-order chi connectivity index (χ0) is 17.1. The number of hydrogen-bond donors (Lipinski definition) is 0. The fourth-order valence-corrected chi connectivity index (χ4v) is 3.47. The molecular weight excluding hydrogens is 316 g/mol. The Hall–Kier alpha value is -2.47. The Morgan fingerprint density at radius 2 is 2.08 bits per heavy atom. The van der Waals surface area contributed by atoms with Crippen molar-refractivity contribution in [1.82, 2.24) is 20.0 Å². The van der Waals surface area contributed by atoms with Crippen molar-refractivity contribution in [3.05, 3.63) is 54.0 Å². The highest BCUT2D eigenvalue weighted by molar-refractivity contribution is 5.52. The summed E-state index contributed by atoms with van der Waals surface area (Å²) in [5.41, 5.74) is 1.99. The van der Waals surface area contributed by atoms with E-state index in [2.05, 4.69) is 20.0 Å². The molecule has 6 heteroatoms. The maximum Gasteiger partial charge on any atom is 0.226 e. The van der Waals surface area contributed by atoms with Gasteiger partial charge in [0.1, 0.15) is 6.26 Å². The van der Waals surface area contributed by atoms with Crippen molar-refractivity contribution in [2.75, 3.05) is 13.1 Å². The predicted octanol–water partition coefficient (Wildman–Crippen LogP) is 3.49. The molecule has 130 valence electrons. The summed E-state index contributed by atoms with van der Waals surface area (Å²) in [4.78, 5) is 11.4. The Balaban J connectivity index is 1.37. The smallest absolute Gasteiger partial charge is 0.226 e. The van der Waals surface area contributed by atoms with Crippen molar-refractivity contribution in [3.8, 4) is 11.5 Å². The van der Waals surface area contributed by atoms with E-state index in [1.54, 1.807) is 6.26 Å². The molecular formula is C19H22N4O2. The topological polar surface area (TPSA) is 68.2 Å². The molecule has 0 spiro atoms. The Labute approximate surface area is 146 Å². The van der Waals surface area contributed by atoms with Gasteiger partial charge in [-0.05, 0) is 37.4 Å². The number of aryl methyl sites for hydroxylation is 1. The fraction of sp³-hybridized carbons (Fsp3) is 0.421. The van der Waals surface area contributed by atoms with Gasteiger partial charge in [-0.3, -0.25) is 4.90 Å². The predicted molar refractivity (Wildman–Crippen MR) is 92.7 cm³/mol. The summed E-state index contributed by atoms with van der Waals surface area (Å²) < 4.78 is 10.7. The third-order valence-electron chi connectivity index (χ3n) is 4.60. The Morgan fingerprint density at radius 1 is 1.20 bits per heavy atom. The van der Waals surface area contributed by atoms with Gasteiger partial charge in [-0.2, -0.15) is 4.98 Å². The minimum absolute atomic E-state index is 0.561. The van der Waals surface area contributed by atoms with Crippen molar-refractivity contribution in [1.29, 1.82) is 0 Å². The van der Waals surface area contributed by atoms with Crippen molar-refractivity contribution >= 4 is 0 Å². The molecule has 1 saturated heterocycles. The van der Waals surface area contributed by atoms with Crippen LogP contribution in [0.5, 0.6) is 0 Å². The first-order valence-corrected chi connectivity index (χ1v) is 8.77. The Kier molecular flexibility index (Phi) is 4.61. The molecule has 0 unspecified atom stereocenters. The van der Waals surface area contributed by atoms with E-state index in [0.29, 0.717) is 17.7 Å². The Bertz CT molecular complexity index is 812. The second-order valence-electron chi connectivity index (χ2n) is 6.69. The molecule has 2 aromatic heterocycles. The van der Waals surface area contributed by atoms with Crippen LogP contribution < -0.4 is 0 Å². The number of hydrogen-bond acceptors (Lipinski definition) is 6. The molecule has 1 aliphatic rings. The van der Waals surface area contributed by atoms with E-state index in [9.17, 15) is 0 Å². The summed E-state index contributed by atoms with van der Waals surface area (Å²) in [5, 5.41) is 4.02. The maximum absolute atomic E-state index is 5.65. The molecule has 0 N–H and O–H groups in total. The van der Waals surface area contributed by atoms with Crippen molar-refractivity contribution in [3.63, 3.8) is 0 Å². The van der Waals surface area contributed by atoms with Crippen LogP contribution in [-0.4, -0.2) is 33.1 Å². The van der Waals surface area contributed by atoms with Crippen molar-refractivity contribution < 1.29 is 8.94 Å². The van der Waals surface area contributed by atoms with Gasteiger partial charge in [-0.15, -0.1) is 0 Å². The number of aromatic nitrogens is 3. The van der Waals surface area contributed by atoms with Gasteiger partial charge in [0.2, 0.25) is 11.8 Å². The maximum atomic E-state index is 5.65. The normalized spacial score (nSPS) is 18.5. The highest BCUT2D eigenvalue weighted by Gasteiger charge is 2.22. The summed E-state index contributed by atoms with van der Waals surface area (Å²) in [6, 6.07) is 10.0. The van der Waals surface area contributed by atoms with Crippen molar-refractivity contribution in [2.45, 2.75) is 32.7 Å². The van der Waals surface area contributed by atoms with Gasteiger partial charge in [-0.1, -0.05) is 23.4 Å². The Morgan fingerprint density at radius 3 is 2.88 bits per heavy atom. The minimum atomic E-state index is 0.561. The van der Waals surface area contributed by atoms with Gasteiger partial charge < -0.3 is 8.94 Å². The van der Waals surface area contributed by atoms with Crippen LogP contribution in [-0.2, 0) is 13.0 Å². The van der Waals surface area contributed by atoms with Gasteiger partial charge in [0.25, 0.3) is 0 Å². The molecule has 3 aromatic rings. The molecule has 1 atom stereocenters. The summed E-state index contributed by atoms with van der Waals surface area (Å²) in [6.07, 6.45) is 5.04. The first-order valence-electron chi connectivity index (χ1n) is 8.77. The van der Waals surface area contributed by atoms with E-state index in [4.69, 9.17) is 8.94 Å². The number of rotatable bonds is 5. The van der Waals surface area contributed by atoms with Crippen LogP contribution in [0.1, 0.15) is 30.3 Å². The van der Waals surface area contributed by atoms with E-state index >= 15 is 0 Å². The van der Waals surface area contributed by atoms with Gasteiger partial charge in [0, 0.05) is 32.0 Å². The monoisotopic (exact) mass is 338 g/mol. The number of piperidine rings is 1. The van der Waals surface area contributed by atoms with Crippen LogP contribution in [0.3, 0.4) is 0 Å². The fourth-order valence-electron chi connectivity index (χ4n) is 3.47. The van der Waals surface area contributed by atoms with E-state index in [-0.39, 0.29) is 0 Å². The van der Waals surface area contributed by atoms with Crippen LogP contribution in [0.4, 0.5) is 0 Å². The van der Waals surface area contributed by atoms with Gasteiger partial charge in [-0.25, -0.2) is 4.98 Å². The van der Waals surface area contributed by atoms with Crippen molar-refractivity contribution in [2.24, 2.45) is 5.92 Å². The molecule has 1 fully saturated rings. The number of nitrogens with zero attached hydrogens (tertiary/aromatic N) is 4. The standard InChI is InChI=1S/C19H22N4O2/c1-14-20-18(22-25-14)10-15-6-5-9-23(11-15)12-17-13-24-19(21-17)16-7-3-2-4-8-16/h2-4,7-8,13,15H,5-6,9-12H2,1H3/t15-/m1/s1. The molecule has 6 nitrogen and oxygen atoms in total. The molecule has 1 aliphatic heterocycles. The SMILES string of the molecule is Cc1nc(C[C@H]2CCCN(Cc3coc(-c4ccccc4)n3)C2)no1. The first kappa shape index (κ1) is 16.0. The molecule has 25 heavy (non-hydrogen) atoms. The zero-order valence-corrected chi connectivity index (χ0v) is 14.4. The summed E-state index contributed by atoms with van der Waals surface area (Å²) in [7, 11) is 0. The summed E-state index contributed by atoms with van der Waals surface area (Å²) >= 11 is 0. The average molecular weight is 338 g/mol. The molecule has 0 aliphatic carbocycles. The van der Waals surface area contributed by atoms with E-state index in [0.717, 1.165) is 43.1 Å². The molecule has 0 radical (unpaired) electrons. The van der Waals surface area contributed by atoms with Crippen LogP contribution in [0.25, 0.3) is 11.5 Å². The average Bonchev–Trinajstić information content (AvgIpc) is 3.25. The lowest BCUT2D eigenvalue weighted by atomic mass is 9.94. The van der Waals surface area contributed by atoms with Gasteiger partial charge in [0.05, 0.1) is 5.69 Å². The molecule has 4 rings (SSSR count). The lowest BCUT2D eigenvalue weighted by Gasteiger charge is -2.31. The lowest BCUT2D eigenvalue weighted by molar-refractivity contribution is 0.163. The second kappa shape index (κ2) is 7.19. The molecule has 0 amide bonds. The third kappa shape index (κ3) is 3.96. The molecule has 1 aromatic carbocycles. The number of oxazole rings is 1. The van der Waals surface area contributed by atoms with Gasteiger partial charge in [0.15, 0.2) is 5.82 Å². The minimum Gasteiger partial charge on any atom is -0.444 e. The first-order chi connectivity index (χ1) is 12.3. The summed E-state index contributed by atoms with van der Waals surface area (Å²) in [5.74, 6) is 2.70. The summed E-state index contributed by atoms with van der Waals surface area (Å²) in [6.45, 7) is 4.77. The highest BCUT2D eigenvalue weighted by Crippen LogP contribution is 2.23. The quantitative estimate of drug-likeness (QED) is 0.709.